The van der Waals surface area contributed by atoms with E-state index in [0.717, 1.165) is 12.3 Å². The van der Waals surface area contributed by atoms with E-state index in [1.54, 1.807) is 13.1 Å². The Hall–Kier alpha value is -0.320. The smallest absolute Gasteiger partial charge is 0.147 e. The number of halogens is 2. The third kappa shape index (κ3) is 4.45. The lowest BCUT2D eigenvalue weighted by Crippen LogP contribution is -2.14. The molecule has 0 aliphatic heterocycles. The second-order valence-electron chi connectivity index (χ2n) is 3.84. The van der Waals surface area contributed by atoms with Crippen LogP contribution in [0, 0.1) is 5.92 Å². The zero-order valence-corrected chi connectivity index (χ0v) is 12.5. The van der Waals surface area contributed by atoms with Crippen LogP contribution in [-0.4, -0.2) is 30.6 Å². The monoisotopic (exact) mass is 293 g/mol. The van der Waals surface area contributed by atoms with E-state index in [1.165, 1.54) is 0 Å². The Morgan fingerprint density at radius 2 is 2.00 bits per heavy atom. The zero-order chi connectivity index (χ0) is 12.8. The van der Waals surface area contributed by atoms with Gasteiger partial charge >= 0.3 is 0 Å². The molecule has 1 rings (SSSR count). The molecule has 1 aromatic rings. The molecule has 3 nitrogen and oxygen atoms in total. The second kappa shape index (κ2) is 7.19. The topological polar surface area (TPSA) is 37.0 Å². The van der Waals surface area contributed by atoms with E-state index in [4.69, 9.17) is 23.2 Å². The van der Waals surface area contributed by atoms with Crippen LogP contribution in [0.2, 0.25) is 10.0 Å². The summed E-state index contributed by atoms with van der Waals surface area (Å²) in [4.78, 5) is 4.33. The van der Waals surface area contributed by atoms with Gasteiger partial charge in [-0.05, 0) is 24.0 Å². The van der Waals surface area contributed by atoms with Crippen LogP contribution in [0.3, 0.4) is 0 Å². The third-order valence-electron chi connectivity index (χ3n) is 2.24. The number of rotatable bonds is 6. The van der Waals surface area contributed by atoms with E-state index in [9.17, 15) is 0 Å². The lowest BCUT2D eigenvalue weighted by atomic mass is 10.2. The predicted molar refractivity (Wildman–Crippen MR) is 79.8 cm³/mol. The van der Waals surface area contributed by atoms with E-state index in [2.05, 4.69) is 28.8 Å². The van der Waals surface area contributed by atoms with Crippen LogP contribution in [0.4, 0.5) is 11.6 Å². The summed E-state index contributed by atoms with van der Waals surface area (Å²) in [6.07, 6.45) is 2.10. The number of nitrogens with one attached hydrogen (secondary N) is 2. The minimum absolute atomic E-state index is 0.528. The Kier molecular flexibility index (Phi) is 6.23. The molecule has 0 fully saturated rings. The summed E-state index contributed by atoms with van der Waals surface area (Å²) in [6.45, 7) is 3.03. The van der Waals surface area contributed by atoms with Gasteiger partial charge in [0.2, 0.25) is 0 Å². The first-order valence-electron chi connectivity index (χ1n) is 5.35. The number of hydrogen-bond donors (Lipinski definition) is 2. The molecule has 0 saturated heterocycles. The lowest BCUT2D eigenvalue weighted by Gasteiger charge is -2.14. The summed E-state index contributed by atoms with van der Waals surface area (Å²) in [5.74, 6) is 2.98. The molecule has 0 amide bonds. The Labute approximate surface area is 117 Å². The molecule has 96 valence electrons. The highest BCUT2D eigenvalue weighted by atomic mass is 35.5. The standard InChI is InChI=1S/C11H17Cl2N3S/c1-7(6-17-3)5-15-11-9(13)4-8(12)10(14-2)16-11/h4,7H,5-6H2,1-3H3,(H2,14,15,16). The molecule has 0 aromatic carbocycles. The molecule has 17 heavy (non-hydrogen) atoms. The second-order valence-corrected chi connectivity index (χ2v) is 5.57. The minimum Gasteiger partial charge on any atom is -0.372 e. The van der Waals surface area contributed by atoms with Crippen LogP contribution in [0.5, 0.6) is 0 Å². The first-order valence-corrected chi connectivity index (χ1v) is 7.50. The summed E-state index contributed by atoms with van der Waals surface area (Å²) in [6, 6.07) is 1.70. The number of anilines is 2. The van der Waals surface area contributed by atoms with Crippen LogP contribution < -0.4 is 10.6 Å². The first kappa shape index (κ1) is 14.7. The van der Waals surface area contributed by atoms with Gasteiger partial charge in [-0.3, -0.25) is 0 Å². The molecule has 0 bridgehead atoms. The fraction of sp³-hybridized carbons (Fsp3) is 0.545. The molecule has 6 heteroatoms. The van der Waals surface area contributed by atoms with E-state index < -0.39 is 0 Å². The summed E-state index contributed by atoms with van der Waals surface area (Å²) in [7, 11) is 1.78. The Morgan fingerprint density at radius 1 is 1.35 bits per heavy atom. The average molecular weight is 294 g/mol. The summed E-state index contributed by atoms with van der Waals surface area (Å²) < 4.78 is 0. The van der Waals surface area contributed by atoms with Crippen molar-refractivity contribution < 1.29 is 0 Å². The SMILES string of the molecule is CNc1nc(NCC(C)CSC)c(Cl)cc1Cl. The van der Waals surface area contributed by atoms with Crippen molar-refractivity contribution in [3.05, 3.63) is 16.1 Å². The fourth-order valence-corrected chi connectivity index (χ4v) is 2.59. The number of thioether (sulfide) groups is 1. The molecule has 0 radical (unpaired) electrons. The van der Waals surface area contributed by atoms with Crippen molar-refractivity contribution in [2.75, 3.05) is 36.2 Å². The normalized spacial score (nSPS) is 12.3. The van der Waals surface area contributed by atoms with Crippen molar-refractivity contribution in [3.8, 4) is 0 Å². The molecule has 1 heterocycles. The van der Waals surface area contributed by atoms with Crippen LogP contribution in [0.1, 0.15) is 6.92 Å². The van der Waals surface area contributed by atoms with Crippen LogP contribution >= 0.6 is 35.0 Å². The van der Waals surface area contributed by atoms with Crippen molar-refractivity contribution in [2.24, 2.45) is 5.92 Å². The number of aromatic nitrogens is 1. The van der Waals surface area contributed by atoms with Crippen LogP contribution in [-0.2, 0) is 0 Å². The van der Waals surface area contributed by atoms with E-state index >= 15 is 0 Å². The highest BCUT2D eigenvalue weighted by Crippen LogP contribution is 2.28. The maximum absolute atomic E-state index is 6.08. The highest BCUT2D eigenvalue weighted by molar-refractivity contribution is 7.98. The van der Waals surface area contributed by atoms with Crippen LogP contribution in [0.25, 0.3) is 0 Å². The Bertz CT molecular complexity index is 374. The van der Waals surface area contributed by atoms with Crippen molar-refractivity contribution in [1.82, 2.24) is 4.98 Å². The Balaban J connectivity index is 2.70. The van der Waals surface area contributed by atoms with Crippen molar-refractivity contribution >= 4 is 46.6 Å². The molecule has 1 aromatic heterocycles. The van der Waals surface area contributed by atoms with Gasteiger partial charge in [0, 0.05) is 13.6 Å². The van der Waals surface area contributed by atoms with Gasteiger partial charge in [0.05, 0.1) is 10.0 Å². The largest absolute Gasteiger partial charge is 0.372 e. The maximum Gasteiger partial charge on any atom is 0.147 e. The molecule has 1 unspecified atom stereocenters. The van der Waals surface area contributed by atoms with Gasteiger partial charge in [-0.15, -0.1) is 0 Å². The van der Waals surface area contributed by atoms with Crippen molar-refractivity contribution in [2.45, 2.75) is 6.92 Å². The van der Waals surface area contributed by atoms with Gasteiger partial charge < -0.3 is 10.6 Å². The average Bonchev–Trinajstić information content (AvgIpc) is 2.28. The Morgan fingerprint density at radius 3 is 2.59 bits per heavy atom. The first-order chi connectivity index (χ1) is 8.08. The molecule has 2 N–H and O–H groups in total. The van der Waals surface area contributed by atoms with Gasteiger partial charge in [-0.1, -0.05) is 30.1 Å². The maximum atomic E-state index is 6.08. The summed E-state index contributed by atoms with van der Waals surface area (Å²) in [5, 5.41) is 7.25. The lowest BCUT2D eigenvalue weighted by molar-refractivity contribution is 0.700. The van der Waals surface area contributed by atoms with Crippen LogP contribution in [0.15, 0.2) is 6.07 Å². The summed E-state index contributed by atoms with van der Waals surface area (Å²) in [5.41, 5.74) is 0. The number of hydrogen-bond acceptors (Lipinski definition) is 4. The molecular weight excluding hydrogens is 277 g/mol. The van der Waals surface area contributed by atoms with E-state index in [1.807, 2.05) is 11.8 Å². The molecule has 1 atom stereocenters. The van der Waals surface area contributed by atoms with E-state index in [0.29, 0.717) is 27.6 Å². The zero-order valence-electron chi connectivity index (χ0n) is 10.2. The fourth-order valence-electron chi connectivity index (χ4n) is 1.38. The van der Waals surface area contributed by atoms with Gasteiger partial charge in [0.15, 0.2) is 0 Å². The third-order valence-corrected chi connectivity index (χ3v) is 3.71. The van der Waals surface area contributed by atoms with Gasteiger partial charge in [-0.2, -0.15) is 11.8 Å². The van der Waals surface area contributed by atoms with Crippen molar-refractivity contribution in [1.29, 1.82) is 0 Å². The van der Waals surface area contributed by atoms with Gasteiger partial charge in [0.25, 0.3) is 0 Å². The number of nitrogens with zero attached hydrogens (tertiary/aromatic N) is 1. The minimum atomic E-state index is 0.528. The van der Waals surface area contributed by atoms with Gasteiger partial charge in [0.1, 0.15) is 11.6 Å². The molecular formula is C11H17Cl2N3S. The highest BCUT2D eigenvalue weighted by Gasteiger charge is 2.09. The number of pyridine rings is 1. The summed E-state index contributed by atoms with van der Waals surface area (Å²) >= 11 is 13.9. The van der Waals surface area contributed by atoms with E-state index in [-0.39, 0.29) is 0 Å². The predicted octanol–water partition coefficient (Wildman–Crippen LogP) is 3.84. The molecule has 0 saturated carbocycles. The molecule has 0 spiro atoms. The van der Waals surface area contributed by atoms with Gasteiger partial charge in [-0.25, -0.2) is 4.98 Å². The molecule has 0 aliphatic rings. The molecule has 0 aliphatic carbocycles. The van der Waals surface area contributed by atoms with Crippen molar-refractivity contribution in [3.63, 3.8) is 0 Å². The quantitative estimate of drug-likeness (QED) is 0.836.